The largest absolute Gasteiger partial charge is 0.478 e. The van der Waals surface area contributed by atoms with Crippen LogP contribution >= 0.6 is 0 Å². The second-order valence-corrected chi connectivity index (χ2v) is 5.35. The molecule has 2 aromatic rings. The highest BCUT2D eigenvalue weighted by Gasteiger charge is 2.14. The van der Waals surface area contributed by atoms with Gasteiger partial charge < -0.3 is 14.6 Å². The summed E-state index contributed by atoms with van der Waals surface area (Å²) in [5, 5.41) is 9.14. The van der Waals surface area contributed by atoms with Crippen molar-refractivity contribution >= 4 is 11.7 Å². The zero-order valence-corrected chi connectivity index (χ0v) is 12.8. The quantitative estimate of drug-likeness (QED) is 0.886. The number of aromatic carboxylic acids is 1. The van der Waals surface area contributed by atoms with Crippen LogP contribution in [0.1, 0.15) is 28.2 Å². The smallest absolute Gasteiger partial charge is 0.337 e. The number of aromatic nitrogens is 1. The van der Waals surface area contributed by atoms with Crippen molar-refractivity contribution in [2.24, 2.45) is 0 Å². The van der Waals surface area contributed by atoms with Gasteiger partial charge in [-0.1, -0.05) is 18.2 Å². The minimum absolute atomic E-state index is 0.406. The first-order valence-corrected chi connectivity index (χ1v) is 7.17. The number of hydrogen-bond acceptors (Lipinski definition) is 2. The Morgan fingerprint density at radius 3 is 2.48 bits per heavy atom. The van der Waals surface area contributed by atoms with Gasteiger partial charge in [0.2, 0.25) is 0 Å². The molecule has 0 atom stereocenters. The van der Waals surface area contributed by atoms with Crippen LogP contribution in [0, 0.1) is 13.8 Å². The first-order chi connectivity index (χ1) is 10.0. The van der Waals surface area contributed by atoms with Crippen molar-refractivity contribution in [2.45, 2.75) is 26.8 Å². The van der Waals surface area contributed by atoms with E-state index in [1.54, 1.807) is 6.07 Å². The molecule has 0 amide bonds. The highest BCUT2D eigenvalue weighted by molar-refractivity contribution is 5.89. The van der Waals surface area contributed by atoms with Gasteiger partial charge in [0.05, 0.1) is 5.56 Å². The second-order valence-electron chi connectivity index (χ2n) is 5.35. The van der Waals surface area contributed by atoms with Crippen LogP contribution in [-0.2, 0) is 6.54 Å². The molecule has 2 rings (SSSR count). The molecule has 21 heavy (non-hydrogen) atoms. The number of para-hydroxylation sites is 1. The van der Waals surface area contributed by atoms with Gasteiger partial charge in [-0.3, -0.25) is 0 Å². The molecule has 0 unspecified atom stereocenters. The second kappa shape index (κ2) is 6.48. The summed E-state index contributed by atoms with van der Waals surface area (Å²) in [5.74, 6) is -0.851. The molecule has 1 aromatic heterocycles. The number of hydrogen-bond donors (Lipinski definition) is 1. The van der Waals surface area contributed by atoms with Gasteiger partial charge in [0.1, 0.15) is 0 Å². The van der Waals surface area contributed by atoms with Gasteiger partial charge in [-0.15, -0.1) is 0 Å². The fourth-order valence-corrected chi connectivity index (χ4v) is 2.64. The monoisotopic (exact) mass is 286 g/mol. The number of carboxylic acid groups (broad SMARTS) is 1. The Bertz CT molecular complexity index is 617. The number of anilines is 1. The molecule has 4 heteroatoms. The first-order valence-electron chi connectivity index (χ1n) is 7.17. The predicted molar refractivity (Wildman–Crippen MR) is 85.2 cm³/mol. The maximum atomic E-state index is 11.1. The predicted octanol–water partition coefficient (Wildman–Crippen LogP) is 3.33. The number of rotatable bonds is 6. The van der Waals surface area contributed by atoms with Crippen molar-refractivity contribution in [3.63, 3.8) is 0 Å². The molecule has 0 saturated carbocycles. The van der Waals surface area contributed by atoms with E-state index in [0.29, 0.717) is 5.56 Å². The highest BCUT2D eigenvalue weighted by atomic mass is 16.4. The van der Waals surface area contributed by atoms with E-state index in [-0.39, 0.29) is 0 Å². The summed E-state index contributed by atoms with van der Waals surface area (Å²) in [7, 11) is 2.08. The van der Waals surface area contributed by atoms with Crippen molar-refractivity contribution in [3.05, 3.63) is 53.3 Å². The summed E-state index contributed by atoms with van der Waals surface area (Å²) in [6.45, 7) is 5.60. The molecule has 0 fully saturated rings. The highest BCUT2D eigenvalue weighted by Crippen LogP contribution is 2.16. The normalized spacial score (nSPS) is 10.6. The van der Waals surface area contributed by atoms with Gasteiger partial charge in [0.25, 0.3) is 0 Å². The van der Waals surface area contributed by atoms with Gasteiger partial charge in [-0.05, 0) is 38.5 Å². The van der Waals surface area contributed by atoms with E-state index < -0.39 is 5.97 Å². The molecule has 4 nitrogen and oxygen atoms in total. The average molecular weight is 286 g/mol. The van der Waals surface area contributed by atoms with Crippen LogP contribution in [0.5, 0.6) is 0 Å². The van der Waals surface area contributed by atoms with E-state index in [9.17, 15) is 4.79 Å². The minimum atomic E-state index is -0.851. The van der Waals surface area contributed by atoms with E-state index in [0.717, 1.165) is 30.9 Å². The van der Waals surface area contributed by atoms with Crippen molar-refractivity contribution in [1.29, 1.82) is 0 Å². The van der Waals surface area contributed by atoms with Crippen LogP contribution in [0.15, 0.2) is 36.4 Å². The molecule has 1 aromatic carbocycles. The van der Waals surface area contributed by atoms with Crippen molar-refractivity contribution in [1.82, 2.24) is 4.57 Å². The standard InChI is InChI=1S/C17H22N2O2/c1-13-12-16(17(20)21)14(2)19(13)11-7-10-18(3)15-8-5-4-6-9-15/h4-6,8-9,12H,7,10-11H2,1-3H3,(H,20,21). The Morgan fingerprint density at radius 1 is 1.24 bits per heavy atom. The summed E-state index contributed by atoms with van der Waals surface area (Å²) < 4.78 is 2.09. The SMILES string of the molecule is Cc1cc(C(=O)O)c(C)n1CCCN(C)c1ccccc1. The lowest BCUT2D eigenvalue weighted by Gasteiger charge is -2.20. The molecule has 1 N–H and O–H groups in total. The molecule has 0 spiro atoms. The van der Waals surface area contributed by atoms with Crippen LogP contribution in [0.4, 0.5) is 5.69 Å². The molecule has 0 saturated heterocycles. The number of benzene rings is 1. The van der Waals surface area contributed by atoms with Crippen molar-refractivity contribution in [3.8, 4) is 0 Å². The Hall–Kier alpha value is -2.23. The lowest BCUT2D eigenvalue weighted by atomic mass is 10.2. The number of carbonyl (C=O) groups is 1. The summed E-state index contributed by atoms with van der Waals surface area (Å²) in [6.07, 6.45) is 0.973. The Balaban J connectivity index is 1.97. The van der Waals surface area contributed by atoms with E-state index in [2.05, 4.69) is 28.6 Å². The maximum Gasteiger partial charge on any atom is 0.337 e. The van der Waals surface area contributed by atoms with Crippen LogP contribution in [-0.4, -0.2) is 29.2 Å². The zero-order valence-electron chi connectivity index (χ0n) is 12.8. The van der Waals surface area contributed by atoms with Gasteiger partial charge in [-0.2, -0.15) is 0 Å². The van der Waals surface area contributed by atoms with E-state index in [1.807, 2.05) is 32.0 Å². The molecule has 0 bridgehead atoms. The molecular formula is C17H22N2O2. The lowest BCUT2D eigenvalue weighted by molar-refractivity contribution is 0.0696. The topological polar surface area (TPSA) is 45.5 Å². The van der Waals surface area contributed by atoms with E-state index in [1.165, 1.54) is 5.69 Å². The lowest BCUT2D eigenvalue weighted by Crippen LogP contribution is -2.20. The van der Waals surface area contributed by atoms with Crippen LogP contribution < -0.4 is 4.90 Å². The van der Waals surface area contributed by atoms with Crippen molar-refractivity contribution < 1.29 is 9.90 Å². The van der Waals surface area contributed by atoms with E-state index in [4.69, 9.17) is 5.11 Å². The van der Waals surface area contributed by atoms with Gasteiger partial charge in [-0.25, -0.2) is 4.79 Å². The summed E-state index contributed by atoms with van der Waals surface area (Å²) in [5.41, 5.74) is 3.45. The molecule has 0 aliphatic rings. The van der Waals surface area contributed by atoms with E-state index >= 15 is 0 Å². The molecule has 1 heterocycles. The molecule has 0 aliphatic carbocycles. The van der Waals surface area contributed by atoms with Gasteiger partial charge in [0.15, 0.2) is 0 Å². The van der Waals surface area contributed by atoms with Crippen molar-refractivity contribution in [2.75, 3.05) is 18.5 Å². The molecular weight excluding hydrogens is 264 g/mol. The van der Waals surface area contributed by atoms with Gasteiger partial charge >= 0.3 is 5.97 Å². The maximum absolute atomic E-state index is 11.1. The number of carboxylic acids is 1. The summed E-state index contributed by atoms with van der Waals surface area (Å²) in [4.78, 5) is 13.3. The fraction of sp³-hybridized carbons (Fsp3) is 0.353. The number of aryl methyl sites for hydroxylation is 1. The van der Waals surface area contributed by atoms with Crippen LogP contribution in [0.3, 0.4) is 0 Å². The third-order valence-corrected chi connectivity index (χ3v) is 3.88. The van der Waals surface area contributed by atoms with Crippen LogP contribution in [0.25, 0.3) is 0 Å². The van der Waals surface area contributed by atoms with Gasteiger partial charge in [0, 0.05) is 37.2 Å². The minimum Gasteiger partial charge on any atom is -0.478 e. The Kier molecular flexibility index (Phi) is 4.68. The average Bonchev–Trinajstić information content (AvgIpc) is 2.76. The Morgan fingerprint density at radius 2 is 1.90 bits per heavy atom. The third-order valence-electron chi connectivity index (χ3n) is 3.88. The first kappa shape index (κ1) is 15.2. The van der Waals surface area contributed by atoms with Crippen LogP contribution in [0.2, 0.25) is 0 Å². The summed E-state index contributed by atoms with van der Waals surface area (Å²) >= 11 is 0. The zero-order chi connectivity index (χ0) is 15.4. The molecule has 0 aliphatic heterocycles. The Labute approximate surface area is 125 Å². The fourth-order valence-electron chi connectivity index (χ4n) is 2.64. The third kappa shape index (κ3) is 3.45. The number of nitrogens with zero attached hydrogens (tertiary/aromatic N) is 2. The summed E-state index contributed by atoms with van der Waals surface area (Å²) in [6, 6.07) is 12.0. The molecule has 0 radical (unpaired) electrons. The molecule has 112 valence electrons.